The Kier molecular flexibility index (Phi) is 5.07. The van der Waals surface area contributed by atoms with Gasteiger partial charge in [0.1, 0.15) is 6.61 Å². The standard InChI is InChI=1S/C23H23N3O6/c1-12(28)14-5-19-22-16(8-26(19)23(29)17(14)9-30-10-27)13(3-2-4-24)15-6-20-21(32-11-31-20)7-18(15)25-22/h5-7,10,12,28H,2-4,8-9,11,24H2,1H3. The van der Waals surface area contributed by atoms with Crippen LogP contribution in [0.25, 0.3) is 22.3 Å². The number of fused-ring (bicyclic) bond motifs is 5. The number of pyridine rings is 2. The fraction of sp³-hybridized carbons (Fsp3) is 0.348. The van der Waals surface area contributed by atoms with Crippen molar-refractivity contribution >= 4 is 17.4 Å². The molecule has 0 saturated carbocycles. The Morgan fingerprint density at radius 2 is 2.06 bits per heavy atom. The minimum atomic E-state index is -0.908. The van der Waals surface area contributed by atoms with E-state index in [1.165, 1.54) is 0 Å². The summed E-state index contributed by atoms with van der Waals surface area (Å²) in [5.74, 6) is 1.31. The van der Waals surface area contributed by atoms with E-state index in [1.54, 1.807) is 17.6 Å². The van der Waals surface area contributed by atoms with E-state index in [0.29, 0.717) is 48.0 Å². The Balaban J connectivity index is 1.76. The molecule has 0 radical (unpaired) electrons. The highest BCUT2D eigenvalue weighted by atomic mass is 16.7. The zero-order valence-electron chi connectivity index (χ0n) is 17.6. The molecule has 0 saturated heterocycles. The molecule has 0 spiro atoms. The van der Waals surface area contributed by atoms with Crippen molar-refractivity contribution in [1.82, 2.24) is 9.55 Å². The van der Waals surface area contributed by atoms with Crippen LogP contribution in [0.5, 0.6) is 11.5 Å². The zero-order valence-corrected chi connectivity index (χ0v) is 17.6. The first-order chi connectivity index (χ1) is 15.5. The molecule has 32 heavy (non-hydrogen) atoms. The first-order valence-electron chi connectivity index (χ1n) is 10.5. The molecule has 9 heteroatoms. The van der Waals surface area contributed by atoms with Gasteiger partial charge < -0.3 is 29.6 Å². The third-order valence-electron chi connectivity index (χ3n) is 6.07. The van der Waals surface area contributed by atoms with Gasteiger partial charge in [-0.15, -0.1) is 0 Å². The van der Waals surface area contributed by atoms with Crippen molar-refractivity contribution in [3.8, 4) is 22.9 Å². The first kappa shape index (κ1) is 20.5. The highest BCUT2D eigenvalue weighted by molar-refractivity contribution is 5.90. The number of ether oxygens (including phenoxy) is 3. The average molecular weight is 437 g/mol. The van der Waals surface area contributed by atoms with Crippen molar-refractivity contribution in [2.75, 3.05) is 13.3 Å². The van der Waals surface area contributed by atoms with Gasteiger partial charge in [0.15, 0.2) is 11.5 Å². The number of aryl methyl sites for hydroxylation is 1. The molecule has 3 aromatic rings. The molecule has 9 nitrogen and oxygen atoms in total. The third-order valence-corrected chi connectivity index (χ3v) is 6.07. The van der Waals surface area contributed by atoms with E-state index < -0.39 is 6.10 Å². The van der Waals surface area contributed by atoms with E-state index in [0.717, 1.165) is 34.9 Å². The molecule has 2 aliphatic heterocycles. The average Bonchev–Trinajstić information content (AvgIpc) is 3.38. The van der Waals surface area contributed by atoms with E-state index in [1.807, 2.05) is 12.1 Å². The lowest BCUT2D eigenvalue weighted by Gasteiger charge is -2.14. The van der Waals surface area contributed by atoms with Gasteiger partial charge in [-0.05, 0) is 49.6 Å². The van der Waals surface area contributed by atoms with Crippen LogP contribution in [0.4, 0.5) is 0 Å². The van der Waals surface area contributed by atoms with Crippen molar-refractivity contribution in [3.63, 3.8) is 0 Å². The summed E-state index contributed by atoms with van der Waals surface area (Å²) >= 11 is 0. The minimum Gasteiger partial charge on any atom is -0.463 e. The number of benzene rings is 1. The van der Waals surface area contributed by atoms with Crippen LogP contribution >= 0.6 is 0 Å². The summed E-state index contributed by atoms with van der Waals surface area (Å²) in [7, 11) is 0. The van der Waals surface area contributed by atoms with Crippen LogP contribution in [-0.2, 0) is 29.1 Å². The first-order valence-corrected chi connectivity index (χ1v) is 10.5. The maximum Gasteiger partial charge on any atom is 0.293 e. The summed E-state index contributed by atoms with van der Waals surface area (Å²) in [5.41, 5.74) is 10.3. The van der Waals surface area contributed by atoms with Gasteiger partial charge in [-0.3, -0.25) is 9.59 Å². The number of carbonyl (C=O) groups excluding carboxylic acids is 1. The molecule has 1 atom stereocenters. The molecule has 4 heterocycles. The Bertz CT molecular complexity index is 1300. The van der Waals surface area contributed by atoms with E-state index in [9.17, 15) is 14.7 Å². The van der Waals surface area contributed by atoms with Crippen LogP contribution in [-0.4, -0.2) is 34.5 Å². The third kappa shape index (κ3) is 3.12. The number of carbonyl (C=O) groups is 1. The molecule has 2 aromatic heterocycles. The minimum absolute atomic E-state index is 0.172. The normalized spacial score (nSPS) is 14.3. The van der Waals surface area contributed by atoms with Crippen LogP contribution in [0, 0.1) is 0 Å². The van der Waals surface area contributed by atoms with E-state index in [2.05, 4.69) is 0 Å². The van der Waals surface area contributed by atoms with Gasteiger partial charge >= 0.3 is 0 Å². The summed E-state index contributed by atoms with van der Waals surface area (Å²) in [6, 6.07) is 5.56. The van der Waals surface area contributed by atoms with E-state index in [-0.39, 0.29) is 24.5 Å². The lowest BCUT2D eigenvalue weighted by Crippen LogP contribution is -2.26. The molecule has 1 unspecified atom stereocenters. The fourth-order valence-corrected chi connectivity index (χ4v) is 4.56. The van der Waals surface area contributed by atoms with Crippen molar-refractivity contribution in [2.45, 2.75) is 39.0 Å². The summed E-state index contributed by atoms with van der Waals surface area (Å²) in [6.45, 7) is 2.72. The van der Waals surface area contributed by atoms with Crippen molar-refractivity contribution in [2.24, 2.45) is 5.73 Å². The molecule has 5 rings (SSSR count). The van der Waals surface area contributed by atoms with Gasteiger partial charge in [0, 0.05) is 17.0 Å². The van der Waals surface area contributed by atoms with Gasteiger partial charge in [-0.25, -0.2) is 4.98 Å². The molecule has 2 aliphatic rings. The lowest BCUT2D eigenvalue weighted by atomic mass is 9.96. The summed E-state index contributed by atoms with van der Waals surface area (Å²) in [5, 5.41) is 11.2. The topological polar surface area (TPSA) is 126 Å². The number of aliphatic hydroxyl groups is 1. The Labute approximate surface area is 183 Å². The number of aromatic nitrogens is 2. The fourth-order valence-electron chi connectivity index (χ4n) is 4.56. The van der Waals surface area contributed by atoms with E-state index in [4.69, 9.17) is 24.9 Å². The van der Waals surface area contributed by atoms with E-state index >= 15 is 0 Å². The summed E-state index contributed by atoms with van der Waals surface area (Å²) in [6.07, 6.45) is 0.599. The molecule has 0 amide bonds. The Hall–Kier alpha value is -3.43. The number of rotatable bonds is 7. The molecule has 0 bridgehead atoms. The van der Waals surface area contributed by atoms with Crippen molar-refractivity contribution < 1.29 is 24.1 Å². The maximum absolute atomic E-state index is 13.3. The largest absolute Gasteiger partial charge is 0.463 e. The maximum atomic E-state index is 13.3. The summed E-state index contributed by atoms with van der Waals surface area (Å²) < 4.78 is 17.6. The quantitative estimate of drug-likeness (QED) is 0.419. The predicted molar refractivity (Wildman–Crippen MR) is 116 cm³/mol. The SMILES string of the molecule is CC(O)c1cc2n(c(=O)c1COC=O)Cc1c-2nc2cc3c(cc2c1CCCN)OCO3. The van der Waals surface area contributed by atoms with Gasteiger partial charge in [0.05, 0.1) is 35.1 Å². The van der Waals surface area contributed by atoms with Crippen LogP contribution in [0.15, 0.2) is 23.0 Å². The van der Waals surface area contributed by atoms with Crippen LogP contribution in [0.3, 0.4) is 0 Å². The smallest absolute Gasteiger partial charge is 0.293 e. The number of hydrogen-bond acceptors (Lipinski definition) is 8. The van der Waals surface area contributed by atoms with Crippen LogP contribution in [0.1, 0.15) is 41.7 Å². The number of nitrogens with zero attached hydrogens (tertiary/aromatic N) is 2. The number of nitrogens with two attached hydrogens (primary N) is 1. The predicted octanol–water partition coefficient (Wildman–Crippen LogP) is 1.77. The second-order valence-electron chi connectivity index (χ2n) is 7.97. The molecule has 166 valence electrons. The molecular weight excluding hydrogens is 414 g/mol. The Morgan fingerprint density at radius 1 is 1.28 bits per heavy atom. The monoisotopic (exact) mass is 437 g/mol. The van der Waals surface area contributed by atoms with Crippen molar-refractivity contribution in [3.05, 3.63) is 50.8 Å². The molecular formula is C23H23N3O6. The molecule has 0 aliphatic carbocycles. The lowest BCUT2D eigenvalue weighted by molar-refractivity contribution is -0.129. The van der Waals surface area contributed by atoms with Crippen LogP contribution < -0.4 is 20.8 Å². The van der Waals surface area contributed by atoms with Gasteiger partial charge in [-0.1, -0.05) is 0 Å². The summed E-state index contributed by atoms with van der Waals surface area (Å²) in [4.78, 5) is 28.9. The molecule has 3 N–H and O–H groups in total. The van der Waals surface area contributed by atoms with Gasteiger partial charge in [0.2, 0.25) is 6.79 Å². The van der Waals surface area contributed by atoms with Gasteiger partial charge in [0.25, 0.3) is 12.0 Å². The molecule has 1 aromatic carbocycles. The van der Waals surface area contributed by atoms with Gasteiger partial charge in [-0.2, -0.15) is 0 Å². The van der Waals surface area contributed by atoms with Crippen molar-refractivity contribution in [1.29, 1.82) is 0 Å². The highest BCUT2D eigenvalue weighted by Gasteiger charge is 2.30. The number of hydrogen-bond donors (Lipinski definition) is 2. The Morgan fingerprint density at radius 3 is 2.78 bits per heavy atom. The zero-order chi connectivity index (χ0) is 22.4. The number of aliphatic hydroxyl groups excluding tert-OH is 1. The van der Waals surface area contributed by atoms with Crippen LogP contribution in [0.2, 0.25) is 0 Å². The second-order valence-corrected chi connectivity index (χ2v) is 7.97. The highest BCUT2D eigenvalue weighted by Crippen LogP contribution is 2.42. The second kappa shape index (κ2) is 7.92. The molecule has 0 fully saturated rings.